The molecule has 204 valence electrons. The van der Waals surface area contributed by atoms with Gasteiger partial charge in [-0.25, -0.2) is 0 Å². The summed E-state index contributed by atoms with van der Waals surface area (Å²) in [6.45, 7) is 0. The number of carbonyl (C=O) groups excluding carboxylic acids is 3. The summed E-state index contributed by atoms with van der Waals surface area (Å²) < 4.78 is 11.0. The Morgan fingerprint density at radius 2 is 1.73 bits per heavy atom. The average Bonchev–Trinajstić information content (AvgIpc) is 3.73. The first-order valence-electron chi connectivity index (χ1n) is 13.3. The fourth-order valence-electron chi connectivity index (χ4n) is 6.90. The van der Waals surface area contributed by atoms with Crippen molar-refractivity contribution in [3.63, 3.8) is 0 Å². The van der Waals surface area contributed by atoms with Crippen LogP contribution in [0.15, 0.2) is 90.4 Å². The molecule has 1 N–H and O–H groups in total. The summed E-state index contributed by atoms with van der Waals surface area (Å²) >= 11 is 1.33. The van der Waals surface area contributed by atoms with E-state index in [2.05, 4.69) is 5.32 Å². The quantitative estimate of drug-likeness (QED) is 0.302. The molecule has 3 aliphatic heterocycles. The van der Waals surface area contributed by atoms with Crippen molar-refractivity contribution < 1.29 is 23.9 Å². The molecule has 4 heterocycles. The van der Waals surface area contributed by atoms with Gasteiger partial charge < -0.3 is 19.7 Å². The Hall–Kier alpha value is -4.69. The summed E-state index contributed by atoms with van der Waals surface area (Å²) in [5.41, 5.74) is 2.09. The van der Waals surface area contributed by atoms with Gasteiger partial charge in [0.2, 0.25) is 5.91 Å². The number of ketones is 2. The van der Waals surface area contributed by atoms with Crippen molar-refractivity contribution in [3.05, 3.63) is 118 Å². The van der Waals surface area contributed by atoms with Gasteiger partial charge in [-0.1, -0.05) is 48.5 Å². The van der Waals surface area contributed by atoms with Crippen LogP contribution < -0.4 is 14.8 Å². The minimum Gasteiger partial charge on any atom is -0.497 e. The molecule has 7 rings (SSSR count). The van der Waals surface area contributed by atoms with E-state index >= 15 is 0 Å². The number of hydrogen-bond donors (Lipinski definition) is 1. The summed E-state index contributed by atoms with van der Waals surface area (Å²) in [6.07, 6.45) is 3.82. The highest BCUT2D eigenvalue weighted by Crippen LogP contribution is 2.62. The number of para-hydroxylation sites is 1. The van der Waals surface area contributed by atoms with E-state index in [1.54, 1.807) is 31.4 Å². The first-order chi connectivity index (χ1) is 20.0. The van der Waals surface area contributed by atoms with E-state index in [0.29, 0.717) is 27.6 Å². The van der Waals surface area contributed by atoms with Crippen LogP contribution in [-0.4, -0.2) is 42.6 Å². The Kier molecular flexibility index (Phi) is 5.83. The molecule has 41 heavy (non-hydrogen) atoms. The fraction of sp³-hybridized carbons (Fsp3) is 0.182. The lowest BCUT2D eigenvalue weighted by molar-refractivity contribution is -0.122. The van der Waals surface area contributed by atoms with Gasteiger partial charge in [0.1, 0.15) is 23.0 Å². The second-order valence-electron chi connectivity index (χ2n) is 10.4. The molecule has 0 unspecified atom stereocenters. The lowest BCUT2D eigenvalue weighted by Gasteiger charge is -2.38. The number of amides is 1. The molecular formula is C33H26N2O5S. The van der Waals surface area contributed by atoms with Crippen LogP contribution in [0.3, 0.4) is 0 Å². The highest BCUT2D eigenvalue weighted by Gasteiger charge is 2.71. The average molecular weight is 563 g/mol. The van der Waals surface area contributed by atoms with E-state index in [-0.39, 0.29) is 23.0 Å². The van der Waals surface area contributed by atoms with Crippen LogP contribution >= 0.6 is 11.3 Å². The van der Waals surface area contributed by atoms with Gasteiger partial charge in [-0.15, -0.1) is 11.3 Å². The maximum Gasteiger partial charge on any atom is 0.238 e. The van der Waals surface area contributed by atoms with Gasteiger partial charge in [-0.3, -0.25) is 14.4 Å². The van der Waals surface area contributed by atoms with Gasteiger partial charge in [0.15, 0.2) is 11.6 Å². The first-order valence-corrected chi connectivity index (χ1v) is 14.2. The van der Waals surface area contributed by atoms with Crippen molar-refractivity contribution >= 4 is 40.6 Å². The standard InChI is InChI=1S/C33H26N2O5S/c1-39-20-13-14-22(25(18-20)40-2)29(36)27-28(30(37)26-12-7-17-41-26)35-16-15-19-8-3-4-9-21(19)31(35)33(27)23-10-5-6-11-24(23)34-32(33)38/h3-18,27-28,31H,1-2H3,(H,34,38)/t27-,28+,31+,33+/m0/s1. The Labute approximate surface area is 241 Å². The Bertz CT molecular complexity index is 1750. The molecule has 0 saturated carbocycles. The third kappa shape index (κ3) is 3.47. The van der Waals surface area contributed by atoms with Crippen molar-refractivity contribution in [1.82, 2.24) is 4.90 Å². The van der Waals surface area contributed by atoms with Crippen molar-refractivity contribution in [2.75, 3.05) is 19.5 Å². The molecule has 8 heteroatoms. The molecule has 3 aliphatic rings. The van der Waals surface area contributed by atoms with Crippen LogP contribution in [0.4, 0.5) is 5.69 Å². The third-order valence-electron chi connectivity index (χ3n) is 8.56. The summed E-state index contributed by atoms with van der Waals surface area (Å²) in [6, 6.07) is 22.4. The van der Waals surface area contributed by atoms with Crippen LogP contribution in [0.2, 0.25) is 0 Å². The van der Waals surface area contributed by atoms with E-state index in [1.165, 1.54) is 18.4 Å². The van der Waals surface area contributed by atoms with Crippen molar-refractivity contribution in [3.8, 4) is 11.5 Å². The zero-order valence-corrected chi connectivity index (χ0v) is 23.2. The number of methoxy groups -OCH3 is 2. The highest BCUT2D eigenvalue weighted by molar-refractivity contribution is 7.12. The van der Waals surface area contributed by atoms with Gasteiger partial charge in [-0.2, -0.15) is 0 Å². The van der Waals surface area contributed by atoms with Crippen molar-refractivity contribution in [2.45, 2.75) is 17.5 Å². The van der Waals surface area contributed by atoms with E-state index in [0.717, 1.165) is 11.1 Å². The van der Waals surface area contributed by atoms with Crippen LogP contribution in [0.1, 0.15) is 42.8 Å². The molecule has 0 aliphatic carbocycles. The molecule has 1 fully saturated rings. The minimum absolute atomic E-state index is 0.200. The van der Waals surface area contributed by atoms with E-state index in [9.17, 15) is 14.4 Å². The van der Waals surface area contributed by atoms with Gasteiger partial charge in [0, 0.05) is 18.0 Å². The van der Waals surface area contributed by atoms with Crippen LogP contribution in [0.25, 0.3) is 6.08 Å². The molecule has 1 spiro atoms. The SMILES string of the molecule is COc1ccc(C(=O)[C@@H]2[C@H](C(=O)c3cccs3)N3C=Cc4ccccc4[C@@H]3[C@]23C(=O)Nc2ccccc23)c(OC)c1. The summed E-state index contributed by atoms with van der Waals surface area (Å²) in [7, 11) is 3.03. The Morgan fingerprint density at radius 3 is 2.51 bits per heavy atom. The molecular weight excluding hydrogens is 536 g/mol. The van der Waals surface area contributed by atoms with Crippen molar-refractivity contribution in [2.24, 2.45) is 5.92 Å². The molecule has 4 atom stereocenters. The number of ether oxygens (including phenoxy) is 2. The Morgan fingerprint density at radius 1 is 0.927 bits per heavy atom. The van der Waals surface area contributed by atoms with E-state index < -0.39 is 23.4 Å². The zero-order valence-electron chi connectivity index (χ0n) is 22.4. The summed E-state index contributed by atoms with van der Waals surface area (Å²) in [5, 5.41) is 4.91. The lowest BCUT2D eigenvalue weighted by Crippen LogP contribution is -2.49. The van der Waals surface area contributed by atoms with Gasteiger partial charge in [-0.05, 0) is 52.4 Å². The number of benzene rings is 3. The topological polar surface area (TPSA) is 84.9 Å². The second kappa shape index (κ2) is 9.45. The zero-order chi connectivity index (χ0) is 28.3. The minimum atomic E-state index is -1.39. The molecule has 1 amide bonds. The first kappa shape index (κ1) is 25.3. The number of anilines is 1. The molecule has 1 aromatic heterocycles. The number of hydrogen-bond acceptors (Lipinski definition) is 7. The second-order valence-corrected chi connectivity index (χ2v) is 11.3. The third-order valence-corrected chi connectivity index (χ3v) is 9.44. The molecule has 0 radical (unpaired) electrons. The maximum absolute atomic E-state index is 15.0. The molecule has 3 aromatic carbocycles. The molecule has 0 bridgehead atoms. The van der Waals surface area contributed by atoms with Gasteiger partial charge >= 0.3 is 0 Å². The largest absolute Gasteiger partial charge is 0.497 e. The van der Waals surface area contributed by atoms with Crippen LogP contribution in [-0.2, 0) is 10.2 Å². The molecule has 7 nitrogen and oxygen atoms in total. The smallest absolute Gasteiger partial charge is 0.238 e. The van der Waals surface area contributed by atoms with Gasteiger partial charge in [0.25, 0.3) is 0 Å². The predicted molar refractivity (Wildman–Crippen MR) is 157 cm³/mol. The fourth-order valence-corrected chi connectivity index (χ4v) is 7.60. The number of Topliss-reactive ketones (excluding diaryl/α,β-unsaturated/α-hetero) is 2. The Balaban J connectivity index is 1.54. The van der Waals surface area contributed by atoms with Crippen molar-refractivity contribution in [1.29, 1.82) is 0 Å². The van der Waals surface area contributed by atoms with Crippen LogP contribution in [0.5, 0.6) is 11.5 Å². The molecule has 4 aromatic rings. The van der Waals surface area contributed by atoms with Gasteiger partial charge in [0.05, 0.1) is 36.6 Å². The summed E-state index contributed by atoms with van der Waals surface area (Å²) in [5.74, 6) is -1.06. The monoisotopic (exact) mass is 562 g/mol. The normalized spacial score (nSPS) is 23.5. The highest BCUT2D eigenvalue weighted by atomic mass is 32.1. The number of nitrogens with zero attached hydrogens (tertiary/aromatic N) is 1. The predicted octanol–water partition coefficient (Wildman–Crippen LogP) is 5.75. The number of thiophene rings is 1. The van der Waals surface area contributed by atoms with E-state index in [1.807, 2.05) is 77.2 Å². The van der Waals surface area contributed by atoms with E-state index in [4.69, 9.17) is 9.47 Å². The maximum atomic E-state index is 15.0. The molecule has 1 saturated heterocycles. The number of carbonyl (C=O) groups is 3. The van der Waals surface area contributed by atoms with Crippen LogP contribution in [0, 0.1) is 5.92 Å². The number of rotatable bonds is 6. The number of nitrogens with one attached hydrogen (secondary N) is 1. The lowest BCUT2D eigenvalue weighted by atomic mass is 9.62. The number of fused-ring (bicyclic) bond motifs is 6. The summed E-state index contributed by atoms with van der Waals surface area (Å²) in [4.78, 5) is 46.4.